The van der Waals surface area contributed by atoms with Crippen LogP contribution < -0.4 is 4.74 Å². The first-order valence-electron chi connectivity index (χ1n) is 5.43. The molecule has 0 spiro atoms. The zero-order chi connectivity index (χ0) is 12.4. The molecule has 4 nitrogen and oxygen atoms in total. The molecule has 0 bridgehead atoms. The Labute approximate surface area is 103 Å². The number of ether oxygens (including phenoxy) is 1. The maximum absolute atomic E-state index is 11.7. The van der Waals surface area contributed by atoms with Crippen molar-refractivity contribution in [3.63, 3.8) is 0 Å². The van der Waals surface area contributed by atoms with E-state index in [1.54, 1.807) is 36.5 Å². The van der Waals surface area contributed by atoms with Crippen LogP contribution in [0, 0.1) is 0 Å². The number of carbonyl (C=O) groups is 1. The summed E-state index contributed by atoms with van der Waals surface area (Å²) in [5, 5.41) is 0.919. The SMILES string of the molecule is O=C(Oc1ccc2ncccc2c1)c1ccco1. The molecule has 88 valence electrons. The highest BCUT2D eigenvalue weighted by molar-refractivity contribution is 5.89. The molecule has 0 fully saturated rings. The van der Waals surface area contributed by atoms with Gasteiger partial charge in [-0.3, -0.25) is 4.98 Å². The summed E-state index contributed by atoms with van der Waals surface area (Å²) < 4.78 is 10.2. The van der Waals surface area contributed by atoms with Gasteiger partial charge in [0.05, 0.1) is 11.8 Å². The Bertz CT molecular complexity index is 689. The standard InChI is InChI=1S/C14H9NO3/c16-14(13-4-2-8-17-13)18-11-5-6-12-10(9-11)3-1-7-15-12/h1-9H. The summed E-state index contributed by atoms with van der Waals surface area (Å²) in [6.45, 7) is 0. The fourth-order valence-corrected chi connectivity index (χ4v) is 1.67. The van der Waals surface area contributed by atoms with Crippen LogP contribution in [-0.2, 0) is 0 Å². The average molecular weight is 239 g/mol. The first-order chi connectivity index (χ1) is 8.83. The highest BCUT2D eigenvalue weighted by Crippen LogP contribution is 2.20. The summed E-state index contributed by atoms with van der Waals surface area (Å²) >= 11 is 0. The quantitative estimate of drug-likeness (QED) is 0.509. The molecule has 0 saturated carbocycles. The molecule has 4 heteroatoms. The number of pyridine rings is 1. The van der Waals surface area contributed by atoms with Gasteiger partial charge in [-0.25, -0.2) is 4.79 Å². The van der Waals surface area contributed by atoms with Gasteiger partial charge in [-0.05, 0) is 36.4 Å². The molecule has 0 aliphatic carbocycles. The number of benzene rings is 1. The Kier molecular flexibility index (Phi) is 2.53. The average Bonchev–Trinajstić information content (AvgIpc) is 2.92. The molecule has 0 N–H and O–H groups in total. The second kappa shape index (κ2) is 4.33. The molecule has 18 heavy (non-hydrogen) atoms. The maximum Gasteiger partial charge on any atom is 0.379 e. The topological polar surface area (TPSA) is 52.3 Å². The minimum absolute atomic E-state index is 0.182. The number of nitrogens with zero attached hydrogens (tertiary/aromatic N) is 1. The van der Waals surface area contributed by atoms with Crippen LogP contribution >= 0.6 is 0 Å². The van der Waals surface area contributed by atoms with Gasteiger partial charge >= 0.3 is 5.97 Å². The molecular weight excluding hydrogens is 230 g/mol. The van der Waals surface area contributed by atoms with Crippen LogP contribution in [0.5, 0.6) is 5.75 Å². The molecule has 0 radical (unpaired) electrons. The second-order valence-corrected chi connectivity index (χ2v) is 3.72. The van der Waals surface area contributed by atoms with E-state index in [0.717, 1.165) is 10.9 Å². The Hall–Kier alpha value is -2.62. The number of fused-ring (bicyclic) bond motifs is 1. The first-order valence-corrected chi connectivity index (χ1v) is 5.43. The number of hydrogen-bond acceptors (Lipinski definition) is 4. The van der Waals surface area contributed by atoms with Crippen molar-refractivity contribution in [2.75, 3.05) is 0 Å². The van der Waals surface area contributed by atoms with Crippen LogP contribution in [0.2, 0.25) is 0 Å². The molecule has 0 amide bonds. The van der Waals surface area contributed by atoms with Crippen LogP contribution in [-0.4, -0.2) is 11.0 Å². The third-order valence-corrected chi connectivity index (χ3v) is 2.51. The fourth-order valence-electron chi connectivity index (χ4n) is 1.67. The third kappa shape index (κ3) is 1.96. The van der Waals surface area contributed by atoms with Crippen molar-refractivity contribution < 1.29 is 13.9 Å². The van der Waals surface area contributed by atoms with Crippen LogP contribution in [0.3, 0.4) is 0 Å². The highest BCUT2D eigenvalue weighted by Gasteiger charge is 2.11. The number of furan rings is 1. The summed E-state index contributed by atoms with van der Waals surface area (Å²) in [5.41, 5.74) is 0.857. The monoisotopic (exact) mass is 239 g/mol. The number of esters is 1. The van der Waals surface area contributed by atoms with Crippen molar-refractivity contribution in [1.82, 2.24) is 4.98 Å². The minimum Gasteiger partial charge on any atom is -0.457 e. The van der Waals surface area contributed by atoms with E-state index in [9.17, 15) is 4.79 Å². The molecule has 3 aromatic rings. The molecule has 0 atom stereocenters. The molecular formula is C14H9NO3. The molecule has 1 aromatic carbocycles. The summed E-state index contributed by atoms with van der Waals surface area (Å²) in [6, 6.07) is 12.2. The smallest absolute Gasteiger partial charge is 0.379 e. The normalized spacial score (nSPS) is 10.4. The molecule has 2 aromatic heterocycles. The first kappa shape index (κ1) is 10.5. The zero-order valence-electron chi connectivity index (χ0n) is 9.37. The summed E-state index contributed by atoms with van der Waals surface area (Å²) in [5.74, 6) is 0.140. The van der Waals surface area contributed by atoms with Gasteiger partial charge in [-0.1, -0.05) is 6.07 Å². The number of rotatable bonds is 2. The van der Waals surface area contributed by atoms with E-state index in [1.807, 2.05) is 12.1 Å². The van der Waals surface area contributed by atoms with Gasteiger partial charge < -0.3 is 9.15 Å². The van der Waals surface area contributed by atoms with Gasteiger partial charge in [-0.15, -0.1) is 0 Å². The highest BCUT2D eigenvalue weighted by atomic mass is 16.5. The van der Waals surface area contributed by atoms with Crippen LogP contribution in [0.4, 0.5) is 0 Å². The van der Waals surface area contributed by atoms with Gasteiger partial charge in [0.2, 0.25) is 5.76 Å². The van der Waals surface area contributed by atoms with Crippen molar-refractivity contribution in [2.45, 2.75) is 0 Å². The Morgan fingerprint density at radius 3 is 2.94 bits per heavy atom. The number of aromatic nitrogens is 1. The van der Waals surface area contributed by atoms with Crippen molar-refractivity contribution in [2.24, 2.45) is 0 Å². The Morgan fingerprint density at radius 2 is 2.11 bits per heavy atom. The number of carbonyl (C=O) groups excluding carboxylic acids is 1. The predicted molar refractivity (Wildman–Crippen MR) is 65.4 cm³/mol. The molecule has 3 rings (SSSR count). The van der Waals surface area contributed by atoms with Gasteiger partial charge in [0.15, 0.2) is 0 Å². The van der Waals surface area contributed by atoms with Crippen LogP contribution in [0.1, 0.15) is 10.6 Å². The zero-order valence-corrected chi connectivity index (χ0v) is 9.37. The van der Waals surface area contributed by atoms with Gasteiger partial charge in [0, 0.05) is 11.6 Å². The van der Waals surface area contributed by atoms with E-state index >= 15 is 0 Å². The van der Waals surface area contributed by atoms with Crippen LogP contribution in [0.25, 0.3) is 10.9 Å². The summed E-state index contributed by atoms with van der Waals surface area (Å²) in [6.07, 6.45) is 3.15. The Balaban J connectivity index is 1.89. The lowest BCUT2D eigenvalue weighted by Crippen LogP contribution is -2.06. The molecule has 0 aliphatic heterocycles. The van der Waals surface area contributed by atoms with E-state index in [4.69, 9.17) is 9.15 Å². The fraction of sp³-hybridized carbons (Fsp3) is 0. The summed E-state index contributed by atoms with van der Waals surface area (Å²) in [7, 11) is 0. The Morgan fingerprint density at radius 1 is 1.17 bits per heavy atom. The van der Waals surface area contributed by atoms with Crippen molar-refractivity contribution in [3.8, 4) is 5.75 Å². The minimum atomic E-state index is -0.511. The molecule has 0 unspecified atom stereocenters. The summed E-state index contributed by atoms with van der Waals surface area (Å²) in [4.78, 5) is 15.9. The van der Waals surface area contributed by atoms with Gasteiger partial charge in [0.25, 0.3) is 0 Å². The second-order valence-electron chi connectivity index (χ2n) is 3.72. The van der Waals surface area contributed by atoms with Crippen molar-refractivity contribution in [3.05, 3.63) is 60.7 Å². The largest absolute Gasteiger partial charge is 0.457 e. The van der Waals surface area contributed by atoms with Crippen molar-refractivity contribution in [1.29, 1.82) is 0 Å². The molecule has 2 heterocycles. The maximum atomic E-state index is 11.7. The van der Waals surface area contributed by atoms with E-state index in [0.29, 0.717) is 5.75 Å². The molecule has 0 aliphatic rings. The van der Waals surface area contributed by atoms with E-state index < -0.39 is 5.97 Å². The number of hydrogen-bond donors (Lipinski definition) is 0. The molecule has 0 saturated heterocycles. The third-order valence-electron chi connectivity index (χ3n) is 2.51. The van der Waals surface area contributed by atoms with E-state index in [-0.39, 0.29) is 5.76 Å². The lowest BCUT2D eigenvalue weighted by Gasteiger charge is -2.03. The van der Waals surface area contributed by atoms with Crippen molar-refractivity contribution >= 4 is 16.9 Å². The lowest BCUT2D eigenvalue weighted by atomic mass is 10.2. The lowest BCUT2D eigenvalue weighted by molar-refractivity contribution is 0.0701. The van der Waals surface area contributed by atoms with Gasteiger partial charge in [0.1, 0.15) is 5.75 Å². The van der Waals surface area contributed by atoms with Gasteiger partial charge in [-0.2, -0.15) is 0 Å². The van der Waals surface area contributed by atoms with E-state index in [1.165, 1.54) is 6.26 Å². The predicted octanol–water partition coefficient (Wildman–Crippen LogP) is 3.05. The van der Waals surface area contributed by atoms with Crippen LogP contribution in [0.15, 0.2) is 59.3 Å². The van der Waals surface area contributed by atoms with E-state index in [2.05, 4.69) is 4.98 Å².